The molecule has 0 saturated heterocycles. The lowest BCUT2D eigenvalue weighted by atomic mass is 10.1. The zero-order valence-electron chi connectivity index (χ0n) is 16.6. The quantitative estimate of drug-likeness (QED) is 0.559. The lowest BCUT2D eigenvalue weighted by Crippen LogP contribution is -2.38. The molecule has 0 aliphatic heterocycles. The molecule has 1 aromatic heterocycles. The van der Waals surface area contributed by atoms with Crippen LogP contribution in [0.5, 0.6) is 11.5 Å². The number of hydrogen-bond acceptors (Lipinski definition) is 6. The third-order valence-electron chi connectivity index (χ3n) is 4.38. The van der Waals surface area contributed by atoms with Crippen LogP contribution in [0.4, 0.5) is 0 Å². The number of carbonyl (C=O) groups excluding carboxylic acids is 1. The monoisotopic (exact) mass is 431 g/mol. The highest BCUT2D eigenvalue weighted by molar-refractivity contribution is 7.17. The number of phenolic OH excluding ortho intramolecular Hbond substituents is 1. The van der Waals surface area contributed by atoms with Gasteiger partial charge >= 0.3 is 0 Å². The number of nitrogens with zero attached hydrogens (tertiary/aromatic N) is 2. The molecule has 2 N–H and O–H groups in total. The lowest BCUT2D eigenvalue weighted by molar-refractivity contribution is 0.0823. The van der Waals surface area contributed by atoms with Gasteiger partial charge in [-0.25, -0.2) is 9.99 Å². The van der Waals surface area contributed by atoms with Gasteiger partial charge in [0.05, 0.1) is 12.8 Å². The number of rotatable bonds is 6. The van der Waals surface area contributed by atoms with E-state index in [1.807, 2.05) is 38.1 Å². The molecule has 0 aliphatic rings. The molecule has 0 spiro atoms. The molecular formula is C21H22ClN3O3S. The first-order valence-electron chi connectivity index (χ1n) is 8.90. The molecular weight excluding hydrogens is 410 g/mol. The van der Waals surface area contributed by atoms with Crippen molar-refractivity contribution in [3.63, 3.8) is 0 Å². The second-order valence-corrected chi connectivity index (χ2v) is 8.13. The highest BCUT2D eigenvalue weighted by Crippen LogP contribution is 2.31. The SMILES string of the molecule is COc1ccc(CN(C)NC(=O)c2sc(-c3ccc(Cl)cc3C)nc2C)cc1O. The summed E-state index contributed by atoms with van der Waals surface area (Å²) in [6.07, 6.45) is 0. The third kappa shape index (κ3) is 4.87. The van der Waals surface area contributed by atoms with E-state index in [2.05, 4.69) is 10.4 Å². The van der Waals surface area contributed by atoms with Gasteiger partial charge in [-0.15, -0.1) is 11.3 Å². The molecule has 6 nitrogen and oxygen atoms in total. The predicted molar refractivity (Wildman–Crippen MR) is 116 cm³/mol. The minimum atomic E-state index is -0.224. The number of thiazole rings is 1. The van der Waals surface area contributed by atoms with Crippen LogP contribution in [0.15, 0.2) is 36.4 Å². The van der Waals surface area contributed by atoms with E-state index < -0.39 is 0 Å². The first-order chi connectivity index (χ1) is 13.8. The molecule has 1 amide bonds. The number of amides is 1. The van der Waals surface area contributed by atoms with Gasteiger partial charge in [-0.3, -0.25) is 10.2 Å². The summed E-state index contributed by atoms with van der Waals surface area (Å²) in [6, 6.07) is 10.7. The molecule has 0 radical (unpaired) electrons. The van der Waals surface area contributed by atoms with E-state index >= 15 is 0 Å². The summed E-state index contributed by atoms with van der Waals surface area (Å²) in [4.78, 5) is 17.9. The van der Waals surface area contributed by atoms with E-state index in [0.717, 1.165) is 21.7 Å². The molecule has 152 valence electrons. The Morgan fingerprint density at radius 3 is 2.69 bits per heavy atom. The van der Waals surface area contributed by atoms with Crippen molar-refractivity contribution in [2.24, 2.45) is 0 Å². The highest BCUT2D eigenvalue weighted by Gasteiger charge is 2.18. The average Bonchev–Trinajstić information content (AvgIpc) is 3.03. The molecule has 3 aromatic rings. The Hall–Kier alpha value is -2.61. The number of nitrogens with one attached hydrogen (secondary N) is 1. The van der Waals surface area contributed by atoms with Gasteiger partial charge in [-0.2, -0.15) is 0 Å². The number of hydrazine groups is 1. The zero-order chi connectivity index (χ0) is 21.1. The molecule has 0 aliphatic carbocycles. The molecule has 2 aromatic carbocycles. The standard InChI is InChI=1S/C21H22ClN3O3S/c1-12-9-15(22)6-7-16(12)21-23-13(2)19(29-21)20(27)24-25(3)11-14-5-8-18(28-4)17(26)10-14/h5-10,26H,11H2,1-4H3,(H,24,27). The number of phenols is 1. The maximum atomic E-state index is 12.7. The second-order valence-electron chi connectivity index (χ2n) is 6.70. The fraction of sp³-hybridized carbons (Fsp3) is 0.238. The van der Waals surface area contributed by atoms with Crippen LogP contribution in [0.25, 0.3) is 10.6 Å². The van der Waals surface area contributed by atoms with Gasteiger partial charge in [0, 0.05) is 24.2 Å². The van der Waals surface area contributed by atoms with Crippen molar-refractivity contribution in [2.75, 3.05) is 14.2 Å². The van der Waals surface area contributed by atoms with Crippen molar-refractivity contribution < 1.29 is 14.6 Å². The molecule has 3 rings (SSSR count). The number of aromatic nitrogens is 1. The minimum Gasteiger partial charge on any atom is -0.504 e. The van der Waals surface area contributed by atoms with Crippen LogP contribution in [0.1, 0.15) is 26.5 Å². The van der Waals surface area contributed by atoms with Gasteiger partial charge < -0.3 is 9.84 Å². The van der Waals surface area contributed by atoms with Gasteiger partial charge in [0.2, 0.25) is 0 Å². The van der Waals surface area contributed by atoms with Crippen molar-refractivity contribution in [2.45, 2.75) is 20.4 Å². The Morgan fingerprint density at radius 2 is 2.03 bits per heavy atom. The van der Waals surface area contributed by atoms with Crippen molar-refractivity contribution >= 4 is 28.8 Å². The van der Waals surface area contributed by atoms with E-state index in [0.29, 0.717) is 27.9 Å². The Labute approximate surface area is 178 Å². The van der Waals surface area contributed by atoms with Crippen LogP contribution in [0.2, 0.25) is 5.02 Å². The van der Waals surface area contributed by atoms with Crippen molar-refractivity contribution in [3.8, 4) is 22.1 Å². The maximum absolute atomic E-state index is 12.7. The van der Waals surface area contributed by atoms with Crippen molar-refractivity contribution in [3.05, 3.63) is 63.1 Å². The molecule has 0 atom stereocenters. The fourth-order valence-electron chi connectivity index (χ4n) is 2.96. The summed E-state index contributed by atoms with van der Waals surface area (Å²) in [7, 11) is 3.26. The van der Waals surface area contributed by atoms with E-state index in [9.17, 15) is 9.90 Å². The van der Waals surface area contributed by atoms with Gasteiger partial charge in [0.1, 0.15) is 9.88 Å². The van der Waals surface area contributed by atoms with Crippen LogP contribution in [0, 0.1) is 13.8 Å². The van der Waals surface area contributed by atoms with Gasteiger partial charge in [-0.1, -0.05) is 23.7 Å². The summed E-state index contributed by atoms with van der Waals surface area (Å²) < 4.78 is 5.05. The topological polar surface area (TPSA) is 74.7 Å². The first kappa shape index (κ1) is 21.1. The molecule has 29 heavy (non-hydrogen) atoms. The number of hydrogen-bond donors (Lipinski definition) is 2. The van der Waals surface area contributed by atoms with Crippen LogP contribution in [0.3, 0.4) is 0 Å². The molecule has 0 fully saturated rings. The first-order valence-corrected chi connectivity index (χ1v) is 10.1. The molecule has 0 saturated carbocycles. The van der Waals surface area contributed by atoms with Gasteiger partial charge in [0.25, 0.3) is 5.91 Å². The number of aryl methyl sites for hydroxylation is 2. The number of aromatic hydroxyl groups is 1. The van der Waals surface area contributed by atoms with Crippen LogP contribution in [-0.4, -0.2) is 35.2 Å². The van der Waals surface area contributed by atoms with Crippen LogP contribution >= 0.6 is 22.9 Å². The van der Waals surface area contributed by atoms with Crippen molar-refractivity contribution in [1.82, 2.24) is 15.4 Å². The Balaban J connectivity index is 1.72. The maximum Gasteiger partial charge on any atom is 0.277 e. The zero-order valence-corrected chi connectivity index (χ0v) is 18.2. The summed E-state index contributed by atoms with van der Waals surface area (Å²) in [5.41, 5.74) is 6.33. The molecule has 1 heterocycles. The third-order valence-corrected chi connectivity index (χ3v) is 5.80. The summed E-state index contributed by atoms with van der Waals surface area (Å²) >= 11 is 7.38. The lowest BCUT2D eigenvalue weighted by Gasteiger charge is -2.18. The van der Waals surface area contributed by atoms with Crippen LogP contribution < -0.4 is 10.2 Å². The van der Waals surface area contributed by atoms with Crippen molar-refractivity contribution in [1.29, 1.82) is 0 Å². The predicted octanol–water partition coefficient (Wildman–Crippen LogP) is 4.57. The highest BCUT2D eigenvalue weighted by atomic mass is 35.5. The second kappa shape index (κ2) is 8.82. The Bertz CT molecular complexity index is 1050. The van der Waals surface area contributed by atoms with E-state index in [1.165, 1.54) is 18.4 Å². The summed E-state index contributed by atoms with van der Waals surface area (Å²) in [5.74, 6) is 0.245. The number of methoxy groups -OCH3 is 1. The van der Waals surface area contributed by atoms with E-state index in [1.54, 1.807) is 24.2 Å². The van der Waals surface area contributed by atoms with E-state index in [4.69, 9.17) is 16.3 Å². The average molecular weight is 432 g/mol. The Morgan fingerprint density at radius 1 is 1.28 bits per heavy atom. The smallest absolute Gasteiger partial charge is 0.277 e. The summed E-state index contributed by atoms with van der Waals surface area (Å²) in [6.45, 7) is 4.21. The van der Waals surface area contributed by atoms with Crippen LogP contribution in [-0.2, 0) is 6.54 Å². The van der Waals surface area contributed by atoms with Gasteiger partial charge in [0.15, 0.2) is 11.5 Å². The number of halogens is 1. The largest absolute Gasteiger partial charge is 0.504 e. The normalized spacial score (nSPS) is 11.0. The molecule has 8 heteroatoms. The Kier molecular flexibility index (Phi) is 6.42. The fourth-order valence-corrected chi connectivity index (χ4v) is 4.23. The van der Waals surface area contributed by atoms with E-state index in [-0.39, 0.29) is 11.7 Å². The molecule has 0 unspecified atom stereocenters. The minimum absolute atomic E-state index is 0.0611. The number of benzene rings is 2. The number of carbonyl (C=O) groups is 1. The van der Waals surface area contributed by atoms with Gasteiger partial charge in [-0.05, 0) is 49.2 Å². The molecule has 0 bridgehead atoms. The number of ether oxygens (including phenoxy) is 1. The summed E-state index contributed by atoms with van der Waals surface area (Å²) in [5, 5.41) is 13.0.